The van der Waals surface area contributed by atoms with Gasteiger partial charge in [0.25, 0.3) is 0 Å². The van der Waals surface area contributed by atoms with Crippen LogP contribution in [0, 0.1) is 11.7 Å². The number of hydrogen-bond donors (Lipinski definition) is 1. The van der Waals surface area contributed by atoms with E-state index in [4.69, 9.17) is 0 Å². The van der Waals surface area contributed by atoms with Gasteiger partial charge in [-0.05, 0) is 62.9 Å². The van der Waals surface area contributed by atoms with Crippen molar-refractivity contribution in [2.75, 3.05) is 42.5 Å². The number of nitrogens with zero attached hydrogens (tertiary/aromatic N) is 2. The molecule has 0 amide bonds. The molecule has 0 spiro atoms. The summed E-state index contributed by atoms with van der Waals surface area (Å²) in [6.07, 6.45) is 5.06. The van der Waals surface area contributed by atoms with Crippen LogP contribution in [0.5, 0.6) is 0 Å². The molecule has 3 nitrogen and oxygen atoms in total. The second-order valence-electron chi connectivity index (χ2n) is 6.70. The van der Waals surface area contributed by atoms with E-state index in [1.54, 1.807) is 12.1 Å². The largest absolute Gasteiger partial charge is 0.368 e. The molecule has 22 heavy (non-hydrogen) atoms. The Balaban J connectivity index is 0.00000144. The van der Waals surface area contributed by atoms with Crippen molar-refractivity contribution in [2.24, 2.45) is 5.92 Å². The van der Waals surface area contributed by atoms with Gasteiger partial charge in [-0.25, -0.2) is 4.39 Å². The molecule has 2 heterocycles. The minimum atomic E-state index is -0.108. The van der Waals surface area contributed by atoms with Crippen LogP contribution in [0.2, 0.25) is 0 Å². The standard InChI is InChI=1S/C17H24FN3.ClH/c18-14-1-4-16-17(11-14)21(15-2-3-15)10-9-20(16)12-13-5-7-19-8-6-13;/h1,4,11,13,15,19H,2-3,5-10,12H2;1H. The van der Waals surface area contributed by atoms with E-state index in [0.717, 1.165) is 44.3 Å². The van der Waals surface area contributed by atoms with Gasteiger partial charge < -0.3 is 15.1 Å². The van der Waals surface area contributed by atoms with Crippen LogP contribution < -0.4 is 15.1 Å². The Kier molecular flexibility index (Phi) is 4.79. The van der Waals surface area contributed by atoms with Crippen LogP contribution in [0.3, 0.4) is 0 Å². The Bertz CT molecular complexity index is 515. The third kappa shape index (κ3) is 3.18. The van der Waals surface area contributed by atoms with E-state index in [9.17, 15) is 4.39 Å². The Hall–Kier alpha value is -1.00. The van der Waals surface area contributed by atoms with Gasteiger partial charge in [0.1, 0.15) is 5.82 Å². The molecule has 0 radical (unpaired) electrons. The van der Waals surface area contributed by atoms with E-state index < -0.39 is 0 Å². The first-order valence-electron chi connectivity index (χ1n) is 8.33. The Labute approximate surface area is 138 Å². The maximum absolute atomic E-state index is 13.7. The number of nitrogens with one attached hydrogen (secondary N) is 1. The zero-order valence-corrected chi connectivity index (χ0v) is 13.7. The Morgan fingerprint density at radius 1 is 1.05 bits per heavy atom. The van der Waals surface area contributed by atoms with Gasteiger partial charge in [0.2, 0.25) is 0 Å². The predicted octanol–water partition coefficient (Wildman–Crippen LogP) is 3.04. The average molecular weight is 326 g/mol. The van der Waals surface area contributed by atoms with E-state index in [0.29, 0.717) is 6.04 Å². The fourth-order valence-electron chi connectivity index (χ4n) is 3.79. The average Bonchev–Trinajstić information content (AvgIpc) is 3.33. The summed E-state index contributed by atoms with van der Waals surface area (Å²) in [6.45, 7) is 5.54. The van der Waals surface area contributed by atoms with Crippen molar-refractivity contribution in [1.82, 2.24) is 5.32 Å². The molecule has 0 bridgehead atoms. The highest BCUT2D eigenvalue weighted by Gasteiger charge is 2.34. The number of anilines is 2. The lowest BCUT2D eigenvalue weighted by molar-refractivity contribution is 0.372. The predicted molar refractivity (Wildman–Crippen MR) is 91.8 cm³/mol. The third-order valence-corrected chi connectivity index (χ3v) is 5.12. The van der Waals surface area contributed by atoms with Crippen molar-refractivity contribution >= 4 is 23.8 Å². The zero-order valence-electron chi connectivity index (χ0n) is 12.9. The minimum absolute atomic E-state index is 0. The van der Waals surface area contributed by atoms with Crippen molar-refractivity contribution in [2.45, 2.75) is 31.7 Å². The zero-order chi connectivity index (χ0) is 14.2. The number of halogens is 2. The molecular weight excluding hydrogens is 301 g/mol. The van der Waals surface area contributed by atoms with E-state index in [1.165, 1.54) is 31.4 Å². The van der Waals surface area contributed by atoms with E-state index >= 15 is 0 Å². The number of hydrogen-bond acceptors (Lipinski definition) is 3. The Morgan fingerprint density at radius 2 is 1.82 bits per heavy atom. The fraction of sp³-hybridized carbons (Fsp3) is 0.647. The molecule has 0 atom stereocenters. The van der Waals surface area contributed by atoms with Crippen molar-refractivity contribution in [3.05, 3.63) is 24.0 Å². The van der Waals surface area contributed by atoms with Crippen molar-refractivity contribution in [3.63, 3.8) is 0 Å². The summed E-state index contributed by atoms with van der Waals surface area (Å²) in [5, 5.41) is 3.43. The van der Waals surface area contributed by atoms with Crippen LogP contribution in [-0.4, -0.2) is 38.8 Å². The van der Waals surface area contributed by atoms with Gasteiger partial charge >= 0.3 is 0 Å². The summed E-state index contributed by atoms with van der Waals surface area (Å²) >= 11 is 0. The van der Waals surface area contributed by atoms with Crippen LogP contribution in [-0.2, 0) is 0 Å². The number of fused-ring (bicyclic) bond motifs is 1. The first-order chi connectivity index (χ1) is 10.3. The van der Waals surface area contributed by atoms with Crippen LogP contribution in [0.1, 0.15) is 25.7 Å². The number of benzene rings is 1. The lowest BCUT2D eigenvalue weighted by Gasteiger charge is -2.41. The highest BCUT2D eigenvalue weighted by molar-refractivity contribution is 5.85. The van der Waals surface area contributed by atoms with Gasteiger partial charge in [-0.15, -0.1) is 12.4 Å². The van der Waals surface area contributed by atoms with Crippen molar-refractivity contribution in [3.8, 4) is 0 Å². The first-order valence-corrected chi connectivity index (χ1v) is 8.33. The van der Waals surface area contributed by atoms with Gasteiger partial charge in [-0.1, -0.05) is 0 Å². The molecule has 3 aliphatic rings. The molecule has 0 aromatic heterocycles. The molecule has 122 valence electrons. The Morgan fingerprint density at radius 3 is 2.55 bits per heavy atom. The lowest BCUT2D eigenvalue weighted by Crippen LogP contribution is -2.45. The van der Waals surface area contributed by atoms with Crippen LogP contribution in [0.15, 0.2) is 18.2 Å². The monoisotopic (exact) mass is 325 g/mol. The quantitative estimate of drug-likeness (QED) is 0.921. The summed E-state index contributed by atoms with van der Waals surface area (Å²) in [6, 6.07) is 6.00. The molecule has 5 heteroatoms. The third-order valence-electron chi connectivity index (χ3n) is 5.12. The van der Waals surface area contributed by atoms with Gasteiger partial charge in [-0.3, -0.25) is 0 Å². The second-order valence-corrected chi connectivity index (χ2v) is 6.70. The van der Waals surface area contributed by atoms with Gasteiger partial charge in [0, 0.05) is 25.7 Å². The smallest absolute Gasteiger partial charge is 0.125 e. The van der Waals surface area contributed by atoms with E-state index in [2.05, 4.69) is 15.1 Å². The summed E-state index contributed by atoms with van der Waals surface area (Å²) in [5.74, 6) is 0.666. The summed E-state index contributed by atoms with van der Waals surface area (Å²) in [7, 11) is 0. The fourth-order valence-corrected chi connectivity index (χ4v) is 3.79. The SMILES string of the molecule is Cl.Fc1ccc2c(c1)N(C1CC1)CCN2CC1CCNCC1. The van der Waals surface area contributed by atoms with Crippen LogP contribution >= 0.6 is 12.4 Å². The summed E-state index contributed by atoms with van der Waals surface area (Å²) in [5.41, 5.74) is 2.37. The molecule has 1 aromatic rings. The molecule has 1 saturated carbocycles. The molecule has 4 rings (SSSR count). The molecule has 2 fully saturated rings. The number of piperidine rings is 1. The molecular formula is C17H25ClFN3. The van der Waals surface area contributed by atoms with Crippen molar-refractivity contribution < 1.29 is 4.39 Å². The summed E-state index contributed by atoms with van der Waals surface area (Å²) in [4.78, 5) is 4.92. The van der Waals surface area contributed by atoms with Gasteiger partial charge in [0.15, 0.2) is 0 Å². The van der Waals surface area contributed by atoms with Crippen LogP contribution in [0.25, 0.3) is 0 Å². The molecule has 2 aliphatic heterocycles. The second kappa shape index (κ2) is 6.63. The maximum Gasteiger partial charge on any atom is 0.125 e. The molecule has 0 unspecified atom stereocenters. The van der Waals surface area contributed by atoms with Gasteiger partial charge in [-0.2, -0.15) is 0 Å². The lowest BCUT2D eigenvalue weighted by atomic mass is 9.96. The number of rotatable bonds is 3. The maximum atomic E-state index is 13.7. The highest BCUT2D eigenvalue weighted by atomic mass is 35.5. The first kappa shape index (κ1) is 15.9. The topological polar surface area (TPSA) is 18.5 Å². The summed E-state index contributed by atoms with van der Waals surface area (Å²) < 4.78 is 13.7. The van der Waals surface area contributed by atoms with Crippen LogP contribution in [0.4, 0.5) is 15.8 Å². The molecule has 1 saturated heterocycles. The van der Waals surface area contributed by atoms with E-state index in [1.807, 2.05) is 6.07 Å². The highest BCUT2D eigenvalue weighted by Crippen LogP contribution is 2.40. The van der Waals surface area contributed by atoms with Gasteiger partial charge in [0.05, 0.1) is 11.4 Å². The molecule has 1 aromatic carbocycles. The minimum Gasteiger partial charge on any atom is -0.368 e. The van der Waals surface area contributed by atoms with E-state index in [-0.39, 0.29) is 18.2 Å². The van der Waals surface area contributed by atoms with Crippen molar-refractivity contribution in [1.29, 1.82) is 0 Å². The molecule has 1 N–H and O–H groups in total. The normalized spacial score (nSPS) is 22.2. The molecule has 1 aliphatic carbocycles.